The smallest absolute Gasteiger partial charge is 0.330 e. The van der Waals surface area contributed by atoms with Crippen LogP contribution in [-0.4, -0.2) is 193 Å². The molecule has 14 atom stereocenters. The van der Waals surface area contributed by atoms with E-state index in [9.17, 15) is 74.7 Å². The Morgan fingerprint density at radius 2 is 1.26 bits per heavy atom. The van der Waals surface area contributed by atoms with Crippen LogP contribution >= 0.6 is 23.2 Å². The van der Waals surface area contributed by atoms with Crippen LogP contribution in [0.4, 0.5) is 0 Å². The van der Waals surface area contributed by atoms with Crippen LogP contribution in [0.15, 0.2) is 133 Å². The van der Waals surface area contributed by atoms with Gasteiger partial charge >= 0.3 is 5.97 Å². The fourth-order valence-corrected chi connectivity index (χ4v) is 13.9. The van der Waals surface area contributed by atoms with E-state index in [1.807, 2.05) is 56.3 Å². The van der Waals surface area contributed by atoms with Crippen molar-refractivity contribution in [1.29, 1.82) is 0 Å². The molecule has 0 spiro atoms. The van der Waals surface area contributed by atoms with Crippen molar-refractivity contribution in [2.24, 2.45) is 11.7 Å². The standard InChI is InChI=1S/C76H80Cl2N10O23/c1-33(2)22-46(80-3)69(99)86-62-64(95)38-15-18-50(44(77)25-38)109-52-27-40-28-53(68(52)108-21-20-88(107-4)75-67(98)61(66(97)54(32-89)111-75)82-56(94)23-34-10-12-36(13-11-34)35-8-6-5-7-9-35)110-51-19-16-39(26-45(51)78)65(96)63-74(104)85-60(76(105)106)43-29-41(90)30-49(92)57(43)42-24-37(14-17-48(42)91)58(71(101)87-63)84-72(102)59(40)83-70(100)47(31-55(79)93)81-73(62)103/h5-19,24-30,33,46-47,54,58-67,75,80,89-92,95-98H,20-23,31-32H2,1-4H3,(H2,79,93)(H,81,103)(H,82,94)(H,83,100)(H,84,102)(H,85,104)(H,86,99)(H,87,101)(H,105,106)/t46-,47+,54-,58-,59-,60-,61+,62-,63+,64-,65-,66-,67-,75-/m1/s1. The molecule has 1 saturated heterocycles. The number of nitrogens with two attached hydrogens (primary N) is 1. The summed E-state index contributed by atoms with van der Waals surface area (Å²) in [6.45, 7) is 1.80. The second-order valence-electron chi connectivity index (χ2n) is 27.1. The zero-order valence-corrected chi connectivity index (χ0v) is 61.1. The molecule has 7 aromatic rings. The van der Waals surface area contributed by atoms with Gasteiger partial charge in [-0.3, -0.25) is 43.2 Å². The maximum absolute atomic E-state index is 16.0. The highest BCUT2D eigenvalue weighted by atomic mass is 35.5. The molecule has 19 N–H and O–H groups in total. The van der Waals surface area contributed by atoms with Crippen LogP contribution in [0.3, 0.4) is 0 Å². The van der Waals surface area contributed by atoms with Gasteiger partial charge in [0.1, 0.15) is 96.1 Å². The number of aliphatic carboxylic acids is 1. The molecule has 0 saturated carbocycles. The van der Waals surface area contributed by atoms with E-state index in [0.29, 0.717) is 5.56 Å². The first kappa shape index (κ1) is 80.8. The van der Waals surface area contributed by atoms with Gasteiger partial charge in [-0.25, -0.2) is 4.79 Å². The number of likely N-dealkylation sites (N-methyl/N-ethyl adjacent to an activating group) is 1. The number of fused-ring (bicyclic) bond motifs is 15. The van der Waals surface area contributed by atoms with Crippen molar-refractivity contribution in [3.63, 3.8) is 0 Å². The molecule has 0 unspecified atom stereocenters. The van der Waals surface area contributed by atoms with E-state index < -0.39 is 221 Å². The van der Waals surface area contributed by atoms with Gasteiger partial charge in [-0.2, -0.15) is 5.06 Å². The van der Waals surface area contributed by atoms with E-state index in [-0.39, 0.29) is 57.0 Å². The van der Waals surface area contributed by atoms with Gasteiger partial charge in [-0.05, 0) is 113 Å². The largest absolute Gasteiger partial charge is 0.508 e. The number of carboxylic acids is 1. The van der Waals surface area contributed by atoms with Crippen molar-refractivity contribution in [3.8, 4) is 68.2 Å². The lowest BCUT2D eigenvalue weighted by Crippen LogP contribution is -2.68. The Morgan fingerprint density at radius 1 is 0.649 bits per heavy atom. The summed E-state index contributed by atoms with van der Waals surface area (Å²) in [4.78, 5) is 137. The number of phenolic OH excluding ortho intramolecular Hbond substituents is 3. The fourth-order valence-electron chi connectivity index (χ4n) is 13.4. The zero-order valence-electron chi connectivity index (χ0n) is 59.6. The minimum Gasteiger partial charge on any atom is -0.508 e. The monoisotopic (exact) mass is 1570 g/mol. The number of amides is 8. The molecular formula is C76H80Cl2N10O23. The molecule has 111 heavy (non-hydrogen) atoms. The molecule has 586 valence electrons. The molecule has 13 rings (SSSR count). The zero-order chi connectivity index (χ0) is 80.0. The highest BCUT2D eigenvalue weighted by molar-refractivity contribution is 6.32. The number of aliphatic hydroxyl groups is 5. The number of primary amides is 1. The van der Waals surface area contributed by atoms with Crippen molar-refractivity contribution in [2.75, 3.05) is 33.9 Å². The Bertz CT molecular complexity index is 4720. The molecule has 11 bridgehead atoms. The Hall–Kier alpha value is -11.2. The number of carbonyl (C=O) groups excluding carboxylic acids is 8. The summed E-state index contributed by atoms with van der Waals surface area (Å²) in [6.07, 6.45) is -11.8. The average molecular weight is 1570 g/mol. The second kappa shape index (κ2) is 34.8. The van der Waals surface area contributed by atoms with Crippen molar-refractivity contribution < 1.29 is 113 Å². The third-order valence-corrected chi connectivity index (χ3v) is 19.6. The van der Waals surface area contributed by atoms with Crippen LogP contribution in [0.2, 0.25) is 10.0 Å². The summed E-state index contributed by atoms with van der Waals surface area (Å²) in [5.41, 5.74) is 5.52. The first-order valence-electron chi connectivity index (χ1n) is 34.8. The molecule has 0 radical (unpaired) electrons. The van der Waals surface area contributed by atoms with Crippen molar-refractivity contribution in [1.82, 2.24) is 47.6 Å². The lowest BCUT2D eigenvalue weighted by Gasteiger charge is -2.45. The third kappa shape index (κ3) is 18.2. The van der Waals surface area contributed by atoms with Crippen LogP contribution in [0.25, 0.3) is 22.3 Å². The summed E-state index contributed by atoms with van der Waals surface area (Å²) in [7, 11) is 2.67. The van der Waals surface area contributed by atoms with Crippen LogP contribution in [-0.2, 0) is 59.1 Å². The summed E-state index contributed by atoms with van der Waals surface area (Å²) in [5, 5.41) is 124. The number of hydroxylamine groups is 2. The van der Waals surface area contributed by atoms with E-state index in [2.05, 4.69) is 42.5 Å². The van der Waals surface area contributed by atoms with Crippen LogP contribution in [0.1, 0.15) is 90.4 Å². The maximum Gasteiger partial charge on any atom is 0.330 e. The molecule has 1 fully saturated rings. The Kier molecular flexibility index (Phi) is 25.3. The minimum atomic E-state index is -2.29. The lowest BCUT2D eigenvalue weighted by atomic mass is 9.89. The Balaban J connectivity index is 1.05. The number of carboxylic acid groups (broad SMARTS) is 1. The molecule has 0 aliphatic carbocycles. The first-order valence-corrected chi connectivity index (χ1v) is 35.6. The van der Waals surface area contributed by atoms with Crippen LogP contribution in [0.5, 0.6) is 46.0 Å². The number of aromatic hydroxyl groups is 3. The van der Waals surface area contributed by atoms with E-state index in [1.54, 1.807) is 12.1 Å². The third-order valence-electron chi connectivity index (χ3n) is 19.0. The number of ether oxygens (including phenoxy) is 4. The molecule has 35 heteroatoms. The van der Waals surface area contributed by atoms with Crippen molar-refractivity contribution >= 4 is 76.4 Å². The quantitative estimate of drug-likeness (QED) is 0.0518. The summed E-state index contributed by atoms with van der Waals surface area (Å²) >= 11 is 14.1. The van der Waals surface area contributed by atoms with E-state index in [1.165, 1.54) is 44.5 Å². The molecule has 6 aliphatic rings. The van der Waals surface area contributed by atoms with Gasteiger partial charge < -0.3 is 113 Å². The van der Waals surface area contributed by atoms with Crippen molar-refractivity contribution in [2.45, 2.75) is 118 Å². The van der Waals surface area contributed by atoms with Gasteiger partial charge in [0.25, 0.3) is 0 Å². The number of nitrogens with zero attached hydrogens (tertiary/aromatic N) is 1. The number of nitrogens with one attached hydrogen (secondary N) is 8. The van der Waals surface area contributed by atoms with Crippen LogP contribution in [0, 0.1) is 5.92 Å². The number of hydrogen-bond acceptors (Lipinski definition) is 24. The number of aliphatic hydroxyl groups excluding tert-OH is 5. The predicted octanol–water partition coefficient (Wildman–Crippen LogP) is 2.77. The molecule has 8 amide bonds. The van der Waals surface area contributed by atoms with E-state index in [0.717, 1.165) is 64.7 Å². The van der Waals surface area contributed by atoms with Gasteiger partial charge in [-0.15, -0.1) is 0 Å². The molecule has 33 nitrogen and oxygen atoms in total. The van der Waals surface area contributed by atoms with Gasteiger partial charge in [0.05, 0.1) is 55.2 Å². The normalized spacial score (nSPS) is 23.6. The number of rotatable bonds is 19. The molecule has 6 aliphatic heterocycles. The number of hydrogen-bond donors (Lipinski definition) is 18. The summed E-state index contributed by atoms with van der Waals surface area (Å²) in [6, 6.07) is 15.2. The van der Waals surface area contributed by atoms with E-state index >= 15 is 14.4 Å². The highest BCUT2D eigenvalue weighted by Gasteiger charge is 2.48. The average Bonchev–Trinajstić information content (AvgIpc) is 0.767. The molecule has 7 aromatic carbocycles. The van der Waals surface area contributed by atoms with Gasteiger partial charge in [0, 0.05) is 22.8 Å². The molecule has 0 aromatic heterocycles. The van der Waals surface area contributed by atoms with Gasteiger partial charge in [0.2, 0.25) is 53.0 Å². The highest BCUT2D eigenvalue weighted by Crippen LogP contribution is 2.49. The van der Waals surface area contributed by atoms with Crippen LogP contribution < -0.4 is 62.5 Å². The molecular weight excluding hydrogens is 1490 g/mol. The maximum atomic E-state index is 16.0. The SMILES string of the molecule is CN[C@H](CC(C)C)C(=O)N[C@H]1C(=O)N[C@@H](CC(N)=O)C(=O)N[C@H]2C(=O)N[C@H]3C(=O)N[C@H](C(=O)N[C@@H](C(=O)O)c4cc(O)cc(O)c4-c4cc3ccc4O)[C@H](O)c3ccc(c(Cl)c3)Oc3cc2cc(c3OCCN(OC)[C@@H]2O[C@H](CO)[C@@H](O)[C@H](NC(=O)Cc3ccc(-c4ccccc4)cc3)[C@H]2O)Oc2ccc(cc2Cl)[C@H]1O. The predicted molar refractivity (Wildman–Crippen MR) is 393 cm³/mol. The van der Waals surface area contributed by atoms with Gasteiger partial charge in [0.15, 0.2) is 23.8 Å². The number of halogens is 2. The Morgan fingerprint density at radius 3 is 1.86 bits per heavy atom. The number of carbonyl (C=O) groups is 9. The number of benzene rings is 7. The molecule has 6 heterocycles. The summed E-state index contributed by atoms with van der Waals surface area (Å²) < 4.78 is 25.9. The van der Waals surface area contributed by atoms with Gasteiger partial charge in [-0.1, -0.05) is 110 Å². The topological polar surface area (TPSA) is 507 Å². The van der Waals surface area contributed by atoms with E-state index in [4.69, 9.17) is 52.7 Å². The first-order chi connectivity index (χ1) is 52.9. The fraction of sp³-hybridized carbons (Fsp3) is 0.329. The Labute approximate surface area is 642 Å². The lowest BCUT2D eigenvalue weighted by molar-refractivity contribution is -0.313. The van der Waals surface area contributed by atoms with Crippen molar-refractivity contribution in [3.05, 3.63) is 177 Å². The minimum absolute atomic E-state index is 0.0907. The second-order valence-corrected chi connectivity index (χ2v) is 27.9. The summed E-state index contributed by atoms with van der Waals surface area (Å²) in [5.74, 6) is -15.8. The number of phenols is 3.